The molecule has 0 heterocycles. The van der Waals surface area contributed by atoms with Crippen LogP contribution in [0.1, 0.15) is 26.7 Å². The van der Waals surface area contributed by atoms with Crippen molar-refractivity contribution in [2.45, 2.75) is 32.8 Å². The van der Waals surface area contributed by atoms with E-state index in [1.165, 1.54) is 7.11 Å². The Hall–Kier alpha value is -2.01. The topological polar surface area (TPSA) is 64.6 Å². The summed E-state index contributed by atoms with van der Waals surface area (Å²) < 4.78 is 9.85. The quantitative estimate of drug-likeness (QED) is 0.629. The van der Waals surface area contributed by atoms with Crippen molar-refractivity contribution in [3.05, 3.63) is 40.9 Å². The van der Waals surface area contributed by atoms with Crippen LogP contribution in [0, 0.1) is 0 Å². The molecule has 1 aromatic rings. The molecule has 0 aliphatic heterocycles. The number of hydrogen-bond donors (Lipinski definition) is 1. The fourth-order valence-electron chi connectivity index (χ4n) is 1.70. The monoisotopic (exact) mass is 325 g/mol. The van der Waals surface area contributed by atoms with Gasteiger partial charge in [-0.1, -0.05) is 31.0 Å². The van der Waals surface area contributed by atoms with Gasteiger partial charge in [-0.15, -0.1) is 0 Å². The maximum absolute atomic E-state index is 11.9. The Morgan fingerprint density at radius 3 is 2.50 bits per heavy atom. The molecular formula is C16H20ClNO4. The molecule has 22 heavy (non-hydrogen) atoms. The molecule has 1 aromatic carbocycles. The minimum absolute atomic E-state index is 0.521. The van der Waals surface area contributed by atoms with Crippen LogP contribution in [0.5, 0.6) is 0 Å². The van der Waals surface area contributed by atoms with Crippen molar-refractivity contribution in [2.24, 2.45) is 0 Å². The molecule has 0 aromatic heterocycles. The van der Waals surface area contributed by atoms with Gasteiger partial charge in [0.05, 0.1) is 7.11 Å². The molecule has 0 saturated carbocycles. The summed E-state index contributed by atoms with van der Waals surface area (Å²) in [5, 5.41) is 3.09. The second-order valence-electron chi connectivity index (χ2n) is 4.68. The van der Waals surface area contributed by atoms with Gasteiger partial charge in [0.15, 0.2) is 0 Å². The summed E-state index contributed by atoms with van der Waals surface area (Å²) >= 11 is 5.77. The van der Waals surface area contributed by atoms with E-state index < -0.39 is 18.2 Å². The number of methoxy groups -OCH3 is 1. The molecule has 120 valence electrons. The molecule has 0 bridgehead atoms. The van der Waals surface area contributed by atoms with Crippen molar-refractivity contribution >= 4 is 29.4 Å². The van der Waals surface area contributed by atoms with E-state index in [0.717, 1.165) is 12.8 Å². The number of unbranched alkanes of at least 4 members (excludes halogenated alkanes) is 1. The molecule has 1 atom stereocenters. The van der Waals surface area contributed by atoms with Gasteiger partial charge in [0.1, 0.15) is 0 Å². The van der Waals surface area contributed by atoms with Gasteiger partial charge >= 0.3 is 12.1 Å². The number of hydrogen-bond acceptors (Lipinski definition) is 4. The Balaban J connectivity index is 2.74. The lowest BCUT2D eigenvalue weighted by Gasteiger charge is -2.17. The van der Waals surface area contributed by atoms with Gasteiger partial charge < -0.3 is 9.47 Å². The largest absolute Gasteiger partial charge is 0.466 e. The zero-order valence-electron chi connectivity index (χ0n) is 12.9. The summed E-state index contributed by atoms with van der Waals surface area (Å²) in [5.74, 6) is -0.615. The number of esters is 1. The van der Waals surface area contributed by atoms with E-state index in [9.17, 15) is 9.59 Å². The molecule has 1 amide bonds. The van der Waals surface area contributed by atoms with E-state index in [2.05, 4.69) is 10.1 Å². The summed E-state index contributed by atoms with van der Waals surface area (Å²) in [5.41, 5.74) is 1.16. The van der Waals surface area contributed by atoms with Gasteiger partial charge in [0.25, 0.3) is 0 Å². The van der Waals surface area contributed by atoms with Gasteiger partial charge in [0, 0.05) is 10.7 Å². The fourth-order valence-corrected chi connectivity index (χ4v) is 1.83. The van der Waals surface area contributed by atoms with Crippen LogP contribution in [-0.4, -0.2) is 25.3 Å². The number of ether oxygens (including phenoxy) is 2. The average Bonchev–Trinajstić information content (AvgIpc) is 2.51. The van der Waals surface area contributed by atoms with E-state index in [-0.39, 0.29) is 0 Å². The number of nitrogens with one attached hydrogen (secondary N) is 1. The maximum atomic E-state index is 11.9. The number of amides is 1. The second kappa shape index (κ2) is 9.10. The van der Waals surface area contributed by atoms with Crippen LogP contribution >= 0.6 is 11.6 Å². The highest BCUT2D eigenvalue weighted by Crippen LogP contribution is 2.15. The lowest BCUT2D eigenvalue weighted by molar-refractivity contribution is -0.148. The summed E-state index contributed by atoms with van der Waals surface area (Å²) in [6, 6.07) is 6.55. The zero-order chi connectivity index (χ0) is 16.5. The normalized spacial score (nSPS) is 12.5. The third-order valence-corrected chi connectivity index (χ3v) is 3.15. The molecule has 0 aliphatic rings. The van der Waals surface area contributed by atoms with Crippen LogP contribution in [0.3, 0.4) is 0 Å². The number of anilines is 1. The predicted molar refractivity (Wildman–Crippen MR) is 86.0 cm³/mol. The molecule has 0 radical (unpaired) electrons. The van der Waals surface area contributed by atoms with Crippen molar-refractivity contribution in [2.75, 3.05) is 12.4 Å². The van der Waals surface area contributed by atoms with Crippen LogP contribution in [0.2, 0.25) is 5.02 Å². The minimum atomic E-state index is -1.05. The molecule has 0 aliphatic carbocycles. The molecule has 0 saturated heterocycles. The number of benzene rings is 1. The molecule has 1 unspecified atom stereocenters. The summed E-state index contributed by atoms with van der Waals surface area (Å²) in [4.78, 5) is 23.7. The second-order valence-corrected chi connectivity index (χ2v) is 5.11. The third kappa shape index (κ3) is 5.77. The highest BCUT2D eigenvalue weighted by atomic mass is 35.5. The molecule has 0 spiro atoms. The fraction of sp³-hybridized carbons (Fsp3) is 0.375. The van der Waals surface area contributed by atoms with Crippen LogP contribution < -0.4 is 5.32 Å². The summed E-state index contributed by atoms with van der Waals surface area (Å²) in [6.07, 6.45) is 1.80. The highest BCUT2D eigenvalue weighted by Gasteiger charge is 2.25. The SMILES string of the molecule is CCC/C=C(\C)C(OC(=O)Nc1ccc(Cl)cc1)C(=O)OC. The van der Waals surface area contributed by atoms with Gasteiger partial charge in [-0.2, -0.15) is 0 Å². The summed E-state index contributed by atoms with van der Waals surface area (Å²) in [7, 11) is 1.25. The third-order valence-electron chi connectivity index (χ3n) is 2.90. The van der Waals surface area contributed by atoms with Gasteiger partial charge in [-0.25, -0.2) is 9.59 Å². The first-order valence-corrected chi connectivity index (χ1v) is 7.33. The Morgan fingerprint density at radius 1 is 1.32 bits per heavy atom. The smallest absolute Gasteiger partial charge is 0.412 e. The molecule has 0 fully saturated rings. The number of carbonyl (C=O) groups excluding carboxylic acids is 2. The maximum Gasteiger partial charge on any atom is 0.412 e. The number of allylic oxidation sites excluding steroid dienone is 1. The predicted octanol–water partition coefficient (Wildman–Crippen LogP) is 4.18. The van der Waals surface area contributed by atoms with Crippen molar-refractivity contribution in [3.8, 4) is 0 Å². The van der Waals surface area contributed by atoms with Crippen LogP contribution in [0.15, 0.2) is 35.9 Å². The van der Waals surface area contributed by atoms with Gasteiger partial charge in [0.2, 0.25) is 6.10 Å². The lowest BCUT2D eigenvalue weighted by Crippen LogP contribution is -2.31. The van der Waals surface area contributed by atoms with Crippen molar-refractivity contribution in [3.63, 3.8) is 0 Å². The van der Waals surface area contributed by atoms with Crippen LogP contribution in [0.4, 0.5) is 10.5 Å². The highest BCUT2D eigenvalue weighted by molar-refractivity contribution is 6.30. The molecule has 6 heteroatoms. The van der Waals surface area contributed by atoms with Crippen LogP contribution in [0.25, 0.3) is 0 Å². The lowest BCUT2D eigenvalue weighted by atomic mass is 10.1. The minimum Gasteiger partial charge on any atom is -0.466 e. The standard InChI is InChI=1S/C16H20ClNO4/c1-4-5-6-11(2)14(15(19)21-3)22-16(20)18-13-9-7-12(17)8-10-13/h6-10,14H,4-5H2,1-3H3,(H,18,20)/b11-6+. The average molecular weight is 326 g/mol. The van der Waals surface area contributed by atoms with E-state index >= 15 is 0 Å². The molecule has 1 rings (SSSR count). The van der Waals surface area contributed by atoms with E-state index in [1.807, 2.05) is 13.0 Å². The first kappa shape index (κ1) is 18.0. The van der Waals surface area contributed by atoms with Gasteiger partial charge in [-0.05, 0) is 43.2 Å². The van der Waals surface area contributed by atoms with Gasteiger partial charge in [-0.3, -0.25) is 5.32 Å². The Labute approximate surface area is 135 Å². The van der Waals surface area contributed by atoms with Crippen molar-refractivity contribution in [1.29, 1.82) is 0 Å². The Morgan fingerprint density at radius 2 is 1.95 bits per heavy atom. The molecular weight excluding hydrogens is 306 g/mol. The van der Waals surface area contributed by atoms with Crippen molar-refractivity contribution < 1.29 is 19.1 Å². The van der Waals surface area contributed by atoms with Crippen LogP contribution in [-0.2, 0) is 14.3 Å². The molecule has 5 nitrogen and oxygen atoms in total. The van der Waals surface area contributed by atoms with E-state index in [4.69, 9.17) is 16.3 Å². The summed E-state index contributed by atoms with van der Waals surface area (Å²) in [6.45, 7) is 3.75. The Kier molecular flexibility index (Phi) is 7.46. The first-order chi connectivity index (χ1) is 10.5. The number of carbonyl (C=O) groups is 2. The van der Waals surface area contributed by atoms with Crippen molar-refractivity contribution in [1.82, 2.24) is 0 Å². The zero-order valence-corrected chi connectivity index (χ0v) is 13.6. The number of halogens is 1. The number of rotatable bonds is 6. The van der Waals surface area contributed by atoms with E-state index in [0.29, 0.717) is 16.3 Å². The Bertz CT molecular complexity index is 540. The molecule has 1 N–H and O–H groups in total. The van der Waals surface area contributed by atoms with E-state index in [1.54, 1.807) is 31.2 Å². The first-order valence-electron chi connectivity index (χ1n) is 6.95.